The Labute approximate surface area is 265 Å². The molecular weight excluding hydrogens is 666 g/mol. The van der Waals surface area contributed by atoms with Crippen molar-refractivity contribution in [2.45, 2.75) is 90.8 Å². The molecule has 2 atom stereocenters. The lowest BCUT2D eigenvalue weighted by Crippen LogP contribution is -3.61. The van der Waals surface area contributed by atoms with Gasteiger partial charge >= 0.3 is 33.5 Å². The van der Waals surface area contributed by atoms with Gasteiger partial charge in [0.2, 0.25) is 0 Å². The number of alkyl halides is 3. The van der Waals surface area contributed by atoms with Crippen molar-refractivity contribution < 1.29 is 48.6 Å². The summed E-state index contributed by atoms with van der Waals surface area (Å²) in [5.41, 5.74) is 0.442. The number of aryl methyl sites for hydroxylation is 1. The van der Waals surface area contributed by atoms with Gasteiger partial charge in [0.25, 0.3) is 0 Å². The highest BCUT2D eigenvalue weighted by molar-refractivity contribution is 5.84. The van der Waals surface area contributed by atoms with Gasteiger partial charge in [0.05, 0.1) is 5.56 Å². The predicted molar refractivity (Wildman–Crippen MR) is 162 cm³/mol. The molecule has 0 heterocycles. The van der Waals surface area contributed by atoms with E-state index in [0.29, 0.717) is 5.75 Å². The van der Waals surface area contributed by atoms with Gasteiger partial charge in [-0.05, 0) is 73.9 Å². The molecule has 0 saturated carbocycles. The molecule has 0 fully saturated rings. The molecule has 0 radical (unpaired) electrons. The van der Waals surface area contributed by atoms with E-state index in [1.54, 1.807) is 0 Å². The van der Waals surface area contributed by atoms with Crippen LogP contribution >= 0.6 is 0 Å². The summed E-state index contributed by atoms with van der Waals surface area (Å²) in [4.78, 5) is 12.8. The van der Waals surface area contributed by atoms with Gasteiger partial charge in [-0.25, -0.2) is 4.79 Å². The van der Waals surface area contributed by atoms with E-state index in [9.17, 15) is 18.0 Å². The molecule has 2 unspecified atom stereocenters. The van der Waals surface area contributed by atoms with Crippen molar-refractivity contribution in [3.63, 3.8) is 0 Å². The molecule has 0 spiro atoms. The number of unbranched alkanes of at least 4 members (excludes halogenated alkanes) is 7. The minimum Gasteiger partial charge on any atom is -0.490 e. The summed E-state index contributed by atoms with van der Waals surface area (Å²) in [5, 5.41) is 2.46. The molecule has 0 aliphatic heterocycles. The zero-order valence-corrected chi connectivity index (χ0v) is 27.5. The molecule has 1 N–H and O–H groups in total. The molecule has 1 amide bonds. The highest BCUT2D eigenvalue weighted by Crippen LogP contribution is 2.30. The molecule has 43 heavy (non-hydrogen) atoms. The average molecular weight is 711 g/mol. The van der Waals surface area contributed by atoms with E-state index >= 15 is 0 Å². The van der Waals surface area contributed by atoms with E-state index < -0.39 is 23.9 Å². The lowest BCUT2D eigenvalue weighted by molar-refractivity contribution is -0.597. The lowest BCUT2D eigenvalue weighted by Gasteiger charge is -2.24. The number of amides is 1. The number of nitrogens with one attached hydrogen (secondary N) is 1. The maximum atomic E-state index is 13.1. The second-order valence-corrected chi connectivity index (χ2v) is 14.1. The number of halogens is 4. The second-order valence-electron chi connectivity index (χ2n) is 11.0. The molecular formula is C35H44F3INO3+. The molecule has 0 bridgehead atoms. The summed E-state index contributed by atoms with van der Waals surface area (Å²) in [6.45, 7) is 6.48. The Morgan fingerprint density at radius 1 is 0.860 bits per heavy atom. The minimum atomic E-state index is -4.50. The first-order valence-electron chi connectivity index (χ1n) is 15.2. The first-order chi connectivity index (χ1) is 20.6. The van der Waals surface area contributed by atoms with Gasteiger partial charge in [0.15, 0.2) is 7.14 Å². The van der Waals surface area contributed by atoms with Crippen LogP contribution in [0.5, 0.6) is 5.75 Å². The fraction of sp³-hybridized carbons (Fsp3) is 0.457. The average Bonchev–Trinajstić information content (AvgIpc) is 2.98. The number of benzene rings is 3. The molecule has 8 heteroatoms. The lowest BCUT2D eigenvalue weighted by atomic mass is 9.97. The first-order valence-corrected chi connectivity index (χ1v) is 17.4. The molecule has 0 aliphatic carbocycles. The Morgan fingerprint density at radius 2 is 1.47 bits per heavy atom. The number of carbonyl (C=O) groups excluding carboxylic acids is 1. The van der Waals surface area contributed by atoms with Crippen molar-refractivity contribution >= 4 is 11.8 Å². The van der Waals surface area contributed by atoms with Crippen LogP contribution in [0.1, 0.15) is 82.8 Å². The third kappa shape index (κ3) is 13.2. The van der Waals surface area contributed by atoms with Crippen LogP contribution in [0.4, 0.5) is 23.7 Å². The SMILES string of the molecule is CCCCCCCCCCC(C)C(COc1ccc([I+]c2ccc(C)cc2)cc1)OC(=O)Nc1cccc(C(F)(F)F)c1. The van der Waals surface area contributed by atoms with Crippen LogP contribution in [0.25, 0.3) is 0 Å². The number of anilines is 1. The molecule has 234 valence electrons. The summed E-state index contributed by atoms with van der Waals surface area (Å²) >= 11 is -0.296. The number of hydrogen-bond donors (Lipinski definition) is 1. The van der Waals surface area contributed by atoms with E-state index in [1.165, 1.54) is 63.4 Å². The van der Waals surface area contributed by atoms with Crippen LogP contribution in [0.15, 0.2) is 72.8 Å². The maximum Gasteiger partial charge on any atom is 0.416 e. The van der Waals surface area contributed by atoms with Gasteiger partial charge in [-0.2, -0.15) is 13.2 Å². The van der Waals surface area contributed by atoms with Gasteiger partial charge in [0, 0.05) is 5.69 Å². The quantitative estimate of drug-likeness (QED) is 0.118. The monoisotopic (exact) mass is 710 g/mol. The second kappa shape index (κ2) is 18.1. The first kappa shape index (κ1) is 34.7. The number of hydrogen-bond acceptors (Lipinski definition) is 3. The maximum absolute atomic E-state index is 13.1. The number of carbonyl (C=O) groups is 1. The normalized spacial score (nSPS) is 12.9. The Balaban J connectivity index is 1.57. The smallest absolute Gasteiger partial charge is 0.416 e. The van der Waals surface area contributed by atoms with Gasteiger partial charge in [-0.15, -0.1) is 0 Å². The van der Waals surface area contributed by atoms with E-state index in [-0.39, 0.29) is 39.4 Å². The standard InChI is InChI=1S/C35H43F3INO3/c1-4-5-6-7-8-9-10-11-13-27(3)33(43-34(41)40-31-15-12-14-28(24-31)35(36,37)38)25-42-32-22-20-30(21-23-32)39-29-18-16-26(2)17-19-29/h12,14-24,27,33H,4-11,13,25H2,1-3H3/p+1. The third-order valence-electron chi connectivity index (χ3n) is 7.30. The molecule has 4 nitrogen and oxygen atoms in total. The highest BCUT2D eigenvalue weighted by atomic mass is 127. The summed E-state index contributed by atoms with van der Waals surface area (Å²) in [5.74, 6) is 0.696. The summed E-state index contributed by atoms with van der Waals surface area (Å²) in [6.07, 6.45) is 4.64. The van der Waals surface area contributed by atoms with Gasteiger partial charge in [-0.1, -0.05) is 89.0 Å². The molecule has 0 aromatic heterocycles. The van der Waals surface area contributed by atoms with Gasteiger partial charge < -0.3 is 9.47 Å². The van der Waals surface area contributed by atoms with Crippen molar-refractivity contribution in [2.75, 3.05) is 11.9 Å². The molecule has 0 saturated heterocycles. The van der Waals surface area contributed by atoms with Gasteiger partial charge in [0.1, 0.15) is 18.5 Å². The summed E-state index contributed by atoms with van der Waals surface area (Å²) in [7, 11) is 0. The van der Waals surface area contributed by atoms with Crippen LogP contribution in [0, 0.1) is 20.0 Å². The van der Waals surface area contributed by atoms with Crippen molar-refractivity contribution in [3.05, 3.63) is 91.1 Å². The molecule has 3 aromatic carbocycles. The number of rotatable bonds is 17. The van der Waals surface area contributed by atoms with Crippen LogP contribution in [-0.2, 0) is 10.9 Å². The van der Waals surface area contributed by atoms with Crippen LogP contribution in [0.2, 0.25) is 0 Å². The van der Waals surface area contributed by atoms with E-state index in [0.717, 1.165) is 31.4 Å². The summed E-state index contributed by atoms with van der Waals surface area (Å²) < 4.78 is 53.8. The third-order valence-corrected chi connectivity index (χ3v) is 9.98. The number of ether oxygens (including phenoxy) is 2. The van der Waals surface area contributed by atoms with Crippen molar-refractivity contribution in [3.8, 4) is 5.75 Å². The minimum absolute atomic E-state index is 0.0130. The molecule has 0 aliphatic rings. The molecule has 3 rings (SSSR count). The zero-order valence-electron chi connectivity index (χ0n) is 25.4. The van der Waals surface area contributed by atoms with Crippen molar-refractivity contribution in [1.29, 1.82) is 0 Å². The Kier molecular flexibility index (Phi) is 14.7. The highest BCUT2D eigenvalue weighted by Gasteiger charge is 2.31. The predicted octanol–water partition coefficient (Wildman–Crippen LogP) is 7.31. The fourth-order valence-corrected chi connectivity index (χ4v) is 6.81. The van der Waals surface area contributed by atoms with E-state index in [2.05, 4.69) is 55.6 Å². The van der Waals surface area contributed by atoms with Crippen LogP contribution in [-0.4, -0.2) is 18.8 Å². The largest absolute Gasteiger partial charge is 0.490 e. The van der Waals surface area contributed by atoms with Crippen LogP contribution in [0.3, 0.4) is 0 Å². The van der Waals surface area contributed by atoms with E-state index in [1.807, 2.05) is 19.1 Å². The summed E-state index contributed by atoms with van der Waals surface area (Å²) in [6, 6.07) is 21.2. The van der Waals surface area contributed by atoms with Crippen LogP contribution < -0.4 is 31.3 Å². The van der Waals surface area contributed by atoms with Gasteiger partial charge in [-0.3, -0.25) is 5.32 Å². The Bertz CT molecular complexity index is 1230. The Hall–Kier alpha value is -2.75. The topological polar surface area (TPSA) is 47.6 Å². The van der Waals surface area contributed by atoms with E-state index in [4.69, 9.17) is 9.47 Å². The van der Waals surface area contributed by atoms with Crippen molar-refractivity contribution in [1.82, 2.24) is 0 Å². The van der Waals surface area contributed by atoms with Crippen molar-refractivity contribution in [2.24, 2.45) is 5.92 Å². The Morgan fingerprint density at radius 3 is 2.09 bits per heavy atom. The molecule has 3 aromatic rings. The fourth-order valence-electron chi connectivity index (χ4n) is 4.65. The zero-order chi connectivity index (χ0) is 31.1.